The van der Waals surface area contributed by atoms with E-state index in [1.807, 2.05) is 48.0 Å². The highest BCUT2D eigenvalue weighted by Gasteiger charge is 2.45. The monoisotopic (exact) mass is 503 g/mol. The van der Waals surface area contributed by atoms with E-state index in [0.717, 1.165) is 18.4 Å². The lowest BCUT2D eigenvalue weighted by molar-refractivity contribution is -0.139. The van der Waals surface area contributed by atoms with E-state index in [0.29, 0.717) is 49.8 Å². The number of aryl methyl sites for hydroxylation is 1. The number of carbonyl (C=O) groups excluding carboxylic acids is 2. The summed E-state index contributed by atoms with van der Waals surface area (Å²) in [5.41, 5.74) is 1.23. The number of Topliss-reactive ketones (excluding diaryl/α,β-unsaturated/α-hetero) is 1. The van der Waals surface area contributed by atoms with Crippen molar-refractivity contribution < 1.29 is 24.2 Å². The van der Waals surface area contributed by atoms with Gasteiger partial charge in [0.2, 0.25) is 0 Å². The van der Waals surface area contributed by atoms with Gasteiger partial charge in [0.25, 0.3) is 11.7 Å². The summed E-state index contributed by atoms with van der Waals surface area (Å²) in [6, 6.07) is 13.6. The van der Waals surface area contributed by atoms with Crippen LogP contribution in [0, 0.1) is 0 Å². The summed E-state index contributed by atoms with van der Waals surface area (Å²) < 4.78 is 13.3. The molecule has 1 N–H and O–H groups in total. The minimum absolute atomic E-state index is 0.0718. The van der Waals surface area contributed by atoms with Crippen molar-refractivity contribution in [1.29, 1.82) is 0 Å². The molecule has 0 aliphatic carbocycles. The quantitative estimate of drug-likeness (QED) is 0.162. The highest BCUT2D eigenvalue weighted by Crippen LogP contribution is 2.40. The number of ether oxygens (including phenoxy) is 2. The number of nitrogens with zero attached hydrogens (tertiary/aromatic N) is 3. The zero-order valence-corrected chi connectivity index (χ0v) is 21.3. The molecule has 0 saturated carbocycles. The molecule has 1 fully saturated rings. The van der Waals surface area contributed by atoms with E-state index in [-0.39, 0.29) is 11.3 Å². The molecule has 1 amide bonds. The van der Waals surface area contributed by atoms with Crippen LogP contribution in [0.5, 0.6) is 11.5 Å². The van der Waals surface area contributed by atoms with Crippen molar-refractivity contribution >= 4 is 17.4 Å². The van der Waals surface area contributed by atoms with Crippen molar-refractivity contribution in [3.63, 3.8) is 0 Å². The van der Waals surface area contributed by atoms with Gasteiger partial charge in [-0.1, -0.05) is 37.6 Å². The Hall–Kier alpha value is -4.07. The first-order valence-electron chi connectivity index (χ1n) is 12.7. The summed E-state index contributed by atoms with van der Waals surface area (Å²) in [4.78, 5) is 32.1. The minimum atomic E-state index is -0.719. The van der Waals surface area contributed by atoms with E-state index in [9.17, 15) is 14.7 Å². The third-order valence-electron chi connectivity index (χ3n) is 6.30. The fourth-order valence-electron chi connectivity index (χ4n) is 4.44. The summed E-state index contributed by atoms with van der Waals surface area (Å²) >= 11 is 0. The Morgan fingerprint density at radius 3 is 2.51 bits per heavy atom. The molecule has 1 aliphatic rings. The SMILES string of the molecule is CCCCOc1cccc(/C(O)=C2\C(=O)C(=O)N(CCCn3ccnc3)C2c2ccc(OCC)cc2)c1. The van der Waals surface area contributed by atoms with Gasteiger partial charge in [-0.15, -0.1) is 0 Å². The van der Waals surface area contributed by atoms with Crippen LogP contribution in [0.25, 0.3) is 5.76 Å². The number of ketones is 1. The number of imidazole rings is 1. The van der Waals surface area contributed by atoms with E-state index >= 15 is 0 Å². The van der Waals surface area contributed by atoms with Gasteiger partial charge in [-0.2, -0.15) is 0 Å². The number of likely N-dealkylation sites (tertiary alicyclic amines) is 1. The van der Waals surface area contributed by atoms with E-state index in [4.69, 9.17) is 9.47 Å². The van der Waals surface area contributed by atoms with Crippen LogP contribution >= 0.6 is 0 Å². The number of amides is 1. The molecule has 1 aliphatic heterocycles. The van der Waals surface area contributed by atoms with Crippen LogP contribution in [0.1, 0.15) is 50.3 Å². The second-order valence-electron chi connectivity index (χ2n) is 8.88. The van der Waals surface area contributed by atoms with Gasteiger partial charge in [-0.05, 0) is 49.6 Å². The lowest BCUT2D eigenvalue weighted by atomic mass is 9.95. The van der Waals surface area contributed by atoms with Gasteiger partial charge in [0, 0.05) is 31.0 Å². The van der Waals surface area contributed by atoms with E-state index in [1.165, 1.54) is 0 Å². The highest BCUT2D eigenvalue weighted by atomic mass is 16.5. The standard InChI is InChI=1S/C29H33N3O5/c1-3-5-18-37-24-9-6-8-22(19-24)27(33)25-26(21-10-12-23(13-11-21)36-4-2)32(29(35)28(25)34)16-7-15-31-17-14-30-20-31/h6,8-14,17,19-20,26,33H,3-5,7,15-16,18H2,1-2H3/b27-25+. The van der Waals surface area contributed by atoms with Gasteiger partial charge in [0.1, 0.15) is 17.3 Å². The Labute approximate surface area is 217 Å². The molecule has 0 bridgehead atoms. The van der Waals surface area contributed by atoms with Gasteiger partial charge < -0.3 is 24.0 Å². The summed E-state index contributed by atoms with van der Waals surface area (Å²) in [5, 5.41) is 11.4. The number of rotatable bonds is 12. The van der Waals surface area contributed by atoms with Crippen molar-refractivity contribution in [3.8, 4) is 11.5 Å². The number of hydrogen-bond acceptors (Lipinski definition) is 6. The first kappa shape index (κ1) is 26.0. The number of aliphatic hydroxyl groups is 1. The topological polar surface area (TPSA) is 93.9 Å². The van der Waals surface area contributed by atoms with Gasteiger partial charge >= 0.3 is 0 Å². The van der Waals surface area contributed by atoms with Crippen molar-refractivity contribution in [2.24, 2.45) is 0 Å². The smallest absolute Gasteiger partial charge is 0.295 e. The first-order chi connectivity index (χ1) is 18.0. The lowest BCUT2D eigenvalue weighted by Gasteiger charge is -2.25. The zero-order valence-electron chi connectivity index (χ0n) is 21.3. The molecule has 194 valence electrons. The van der Waals surface area contributed by atoms with Crippen LogP contribution < -0.4 is 9.47 Å². The van der Waals surface area contributed by atoms with Gasteiger partial charge in [-0.3, -0.25) is 9.59 Å². The average Bonchev–Trinajstić information content (AvgIpc) is 3.52. The summed E-state index contributed by atoms with van der Waals surface area (Å²) in [6.07, 6.45) is 7.81. The number of unbranched alkanes of at least 4 members (excludes halogenated alkanes) is 1. The summed E-state index contributed by atoms with van der Waals surface area (Å²) in [7, 11) is 0. The molecule has 0 spiro atoms. The number of carbonyl (C=O) groups is 2. The number of aliphatic hydroxyl groups excluding tert-OH is 1. The predicted octanol–water partition coefficient (Wildman–Crippen LogP) is 4.97. The Kier molecular flexibility index (Phi) is 8.61. The summed E-state index contributed by atoms with van der Waals surface area (Å²) in [5.74, 6) is -0.238. The van der Waals surface area contributed by atoms with Gasteiger partial charge in [-0.25, -0.2) is 4.98 Å². The maximum atomic E-state index is 13.3. The molecule has 2 heterocycles. The van der Waals surface area contributed by atoms with Crippen LogP contribution in [0.15, 0.2) is 72.8 Å². The second-order valence-corrected chi connectivity index (χ2v) is 8.88. The van der Waals surface area contributed by atoms with Crippen LogP contribution in [0.4, 0.5) is 0 Å². The van der Waals surface area contributed by atoms with Crippen LogP contribution in [0.3, 0.4) is 0 Å². The van der Waals surface area contributed by atoms with Gasteiger partial charge in [0.15, 0.2) is 0 Å². The van der Waals surface area contributed by atoms with Crippen molar-refractivity contribution in [2.45, 2.75) is 45.7 Å². The molecular formula is C29H33N3O5. The Morgan fingerprint density at radius 2 is 1.81 bits per heavy atom. The van der Waals surface area contributed by atoms with Crippen molar-refractivity contribution in [3.05, 3.63) is 84.0 Å². The molecule has 1 unspecified atom stereocenters. The zero-order chi connectivity index (χ0) is 26.2. The van der Waals surface area contributed by atoms with Crippen LogP contribution in [-0.2, 0) is 16.1 Å². The maximum Gasteiger partial charge on any atom is 0.295 e. The average molecular weight is 504 g/mol. The van der Waals surface area contributed by atoms with E-state index < -0.39 is 17.7 Å². The molecule has 1 aromatic heterocycles. The van der Waals surface area contributed by atoms with Gasteiger partial charge in [0.05, 0.1) is 31.2 Å². The number of hydrogen-bond donors (Lipinski definition) is 1. The Balaban J connectivity index is 1.69. The number of aromatic nitrogens is 2. The Morgan fingerprint density at radius 1 is 1.00 bits per heavy atom. The molecule has 37 heavy (non-hydrogen) atoms. The molecular weight excluding hydrogens is 470 g/mol. The third kappa shape index (κ3) is 6.02. The van der Waals surface area contributed by atoms with Crippen LogP contribution in [-0.4, -0.2) is 51.0 Å². The molecule has 1 saturated heterocycles. The third-order valence-corrected chi connectivity index (χ3v) is 6.30. The van der Waals surface area contributed by atoms with E-state index in [1.54, 1.807) is 35.6 Å². The van der Waals surface area contributed by atoms with Crippen molar-refractivity contribution in [1.82, 2.24) is 14.5 Å². The van der Waals surface area contributed by atoms with E-state index in [2.05, 4.69) is 11.9 Å². The predicted molar refractivity (Wildman–Crippen MR) is 140 cm³/mol. The second kappa shape index (κ2) is 12.3. The number of benzene rings is 2. The molecule has 3 aromatic rings. The normalized spacial score (nSPS) is 16.8. The fourth-order valence-corrected chi connectivity index (χ4v) is 4.44. The molecule has 4 rings (SSSR count). The first-order valence-corrected chi connectivity index (χ1v) is 12.7. The minimum Gasteiger partial charge on any atom is -0.507 e. The van der Waals surface area contributed by atoms with Crippen LogP contribution in [0.2, 0.25) is 0 Å². The largest absolute Gasteiger partial charge is 0.507 e. The summed E-state index contributed by atoms with van der Waals surface area (Å²) in [6.45, 7) is 6.08. The van der Waals surface area contributed by atoms with Crippen molar-refractivity contribution in [2.75, 3.05) is 19.8 Å². The molecule has 8 heteroatoms. The lowest BCUT2D eigenvalue weighted by Crippen LogP contribution is -2.31. The fraction of sp³-hybridized carbons (Fsp3) is 0.345. The molecule has 1 atom stereocenters. The molecule has 8 nitrogen and oxygen atoms in total. The molecule has 0 radical (unpaired) electrons. The Bertz CT molecular complexity index is 1230. The molecule has 2 aromatic carbocycles. The maximum absolute atomic E-state index is 13.3. The highest BCUT2D eigenvalue weighted by molar-refractivity contribution is 6.46.